The maximum atomic E-state index is 11.6. The van der Waals surface area contributed by atoms with Gasteiger partial charge in [0.25, 0.3) is 5.56 Å². The second-order valence-electron chi connectivity index (χ2n) is 4.54. The Kier molecular flexibility index (Phi) is 2.86. The van der Waals surface area contributed by atoms with E-state index in [-0.39, 0.29) is 11.2 Å². The highest BCUT2D eigenvalue weighted by molar-refractivity contribution is 5.06. The molecule has 2 N–H and O–H groups in total. The van der Waals surface area contributed by atoms with Crippen LogP contribution in [-0.2, 0) is 20.5 Å². The van der Waals surface area contributed by atoms with E-state index in [1.165, 1.54) is 17.7 Å². The average Bonchev–Trinajstić information content (AvgIpc) is 2.08. The lowest BCUT2D eigenvalue weighted by atomic mass is 10.00. The van der Waals surface area contributed by atoms with Crippen LogP contribution in [0.1, 0.15) is 19.5 Å². The van der Waals surface area contributed by atoms with Crippen molar-refractivity contribution >= 4 is 0 Å². The van der Waals surface area contributed by atoms with E-state index in [0.717, 1.165) is 4.57 Å². The van der Waals surface area contributed by atoms with E-state index in [9.17, 15) is 9.59 Å². The fourth-order valence-corrected chi connectivity index (χ4v) is 1.41. The van der Waals surface area contributed by atoms with Gasteiger partial charge in [0, 0.05) is 37.8 Å². The summed E-state index contributed by atoms with van der Waals surface area (Å²) in [6, 6.07) is 1.45. The van der Waals surface area contributed by atoms with Gasteiger partial charge in [-0.2, -0.15) is 0 Å². The summed E-state index contributed by atoms with van der Waals surface area (Å²) < 4.78 is 2.53. The predicted octanol–water partition coefficient (Wildman–Crippen LogP) is -0.636. The topological polar surface area (TPSA) is 70.0 Å². The van der Waals surface area contributed by atoms with Crippen LogP contribution in [0.5, 0.6) is 0 Å². The van der Waals surface area contributed by atoms with Crippen molar-refractivity contribution in [1.82, 2.24) is 9.13 Å². The van der Waals surface area contributed by atoms with Crippen molar-refractivity contribution in [2.24, 2.45) is 19.8 Å². The van der Waals surface area contributed by atoms with Crippen molar-refractivity contribution < 1.29 is 0 Å². The van der Waals surface area contributed by atoms with E-state index in [1.807, 2.05) is 13.8 Å². The van der Waals surface area contributed by atoms with Crippen LogP contribution in [-0.4, -0.2) is 14.7 Å². The zero-order chi connectivity index (χ0) is 11.8. The van der Waals surface area contributed by atoms with Crippen molar-refractivity contribution in [3.05, 3.63) is 32.6 Å². The van der Waals surface area contributed by atoms with E-state index in [0.29, 0.717) is 12.1 Å². The molecule has 15 heavy (non-hydrogen) atoms. The molecule has 0 aliphatic carbocycles. The van der Waals surface area contributed by atoms with Crippen LogP contribution in [0.25, 0.3) is 0 Å². The van der Waals surface area contributed by atoms with Gasteiger partial charge in [0.15, 0.2) is 0 Å². The van der Waals surface area contributed by atoms with E-state index < -0.39 is 5.54 Å². The lowest BCUT2D eigenvalue weighted by molar-refractivity contribution is 0.490. The lowest BCUT2D eigenvalue weighted by Crippen LogP contribution is -2.42. The van der Waals surface area contributed by atoms with Crippen molar-refractivity contribution in [2.75, 3.05) is 0 Å². The summed E-state index contributed by atoms with van der Waals surface area (Å²) in [4.78, 5) is 23.0. The molecule has 0 bridgehead atoms. The highest BCUT2D eigenvalue weighted by Gasteiger charge is 2.15. The molecule has 5 heteroatoms. The standard InChI is InChI=1S/C10H17N3O2/c1-10(2,11)6-7-5-8(14)13(4)9(15)12(7)3/h5H,6,11H2,1-4H3. The second kappa shape index (κ2) is 3.66. The van der Waals surface area contributed by atoms with Crippen molar-refractivity contribution in [2.45, 2.75) is 25.8 Å². The minimum Gasteiger partial charge on any atom is -0.325 e. The third-order valence-electron chi connectivity index (χ3n) is 2.26. The third kappa shape index (κ3) is 2.56. The Morgan fingerprint density at radius 3 is 2.27 bits per heavy atom. The number of hydrogen-bond acceptors (Lipinski definition) is 3. The number of aromatic nitrogens is 2. The van der Waals surface area contributed by atoms with Crippen LogP contribution in [0.4, 0.5) is 0 Å². The molecular formula is C10H17N3O2. The van der Waals surface area contributed by atoms with Crippen LogP contribution in [0.3, 0.4) is 0 Å². The fourth-order valence-electron chi connectivity index (χ4n) is 1.41. The van der Waals surface area contributed by atoms with Crippen LogP contribution in [0, 0.1) is 0 Å². The largest absolute Gasteiger partial charge is 0.330 e. The Balaban J connectivity index is 3.34. The fraction of sp³-hybridized carbons (Fsp3) is 0.600. The minimum atomic E-state index is -0.434. The van der Waals surface area contributed by atoms with Crippen LogP contribution in [0.2, 0.25) is 0 Å². The van der Waals surface area contributed by atoms with Crippen molar-refractivity contribution in [3.8, 4) is 0 Å². The van der Waals surface area contributed by atoms with E-state index in [2.05, 4.69) is 0 Å². The highest BCUT2D eigenvalue weighted by atomic mass is 16.2. The van der Waals surface area contributed by atoms with Gasteiger partial charge in [-0.25, -0.2) is 4.79 Å². The van der Waals surface area contributed by atoms with Gasteiger partial charge >= 0.3 is 5.69 Å². The van der Waals surface area contributed by atoms with Crippen LogP contribution < -0.4 is 17.0 Å². The molecule has 0 atom stereocenters. The first kappa shape index (κ1) is 11.7. The minimum absolute atomic E-state index is 0.294. The van der Waals surface area contributed by atoms with Gasteiger partial charge in [-0.1, -0.05) is 0 Å². The first-order valence-electron chi connectivity index (χ1n) is 4.77. The molecule has 0 saturated carbocycles. The zero-order valence-electron chi connectivity index (χ0n) is 9.57. The predicted molar refractivity (Wildman–Crippen MR) is 58.9 cm³/mol. The van der Waals surface area contributed by atoms with Crippen molar-refractivity contribution in [1.29, 1.82) is 0 Å². The smallest absolute Gasteiger partial charge is 0.325 e. The molecule has 0 fully saturated rings. The molecule has 0 saturated heterocycles. The second-order valence-corrected chi connectivity index (χ2v) is 4.54. The number of hydrogen-bond donors (Lipinski definition) is 1. The first-order valence-corrected chi connectivity index (χ1v) is 4.77. The SMILES string of the molecule is Cn1c(CC(C)(C)N)cc(=O)n(C)c1=O. The average molecular weight is 211 g/mol. The molecule has 1 aromatic heterocycles. The zero-order valence-corrected chi connectivity index (χ0v) is 9.57. The molecule has 84 valence electrons. The Labute approximate surface area is 88.1 Å². The molecular weight excluding hydrogens is 194 g/mol. The molecule has 1 rings (SSSR count). The normalized spacial score (nSPS) is 11.8. The molecule has 0 amide bonds. The highest BCUT2D eigenvalue weighted by Crippen LogP contribution is 2.05. The summed E-state index contributed by atoms with van der Waals surface area (Å²) in [5, 5.41) is 0. The Bertz CT molecular complexity index is 477. The molecule has 5 nitrogen and oxygen atoms in total. The summed E-state index contributed by atoms with van der Waals surface area (Å²) in [7, 11) is 3.10. The molecule has 0 aromatic carbocycles. The van der Waals surface area contributed by atoms with E-state index in [4.69, 9.17) is 5.73 Å². The molecule has 0 aliphatic heterocycles. The summed E-state index contributed by atoms with van der Waals surface area (Å²) in [6.45, 7) is 3.71. The Morgan fingerprint density at radius 1 is 1.27 bits per heavy atom. The van der Waals surface area contributed by atoms with Gasteiger partial charge in [-0.05, 0) is 13.8 Å². The van der Waals surface area contributed by atoms with Gasteiger partial charge in [0.1, 0.15) is 0 Å². The van der Waals surface area contributed by atoms with Gasteiger partial charge in [0.05, 0.1) is 0 Å². The summed E-state index contributed by atoms with van der Waals surface area (Å²) in [6.07, 6.45) is 0.495. The number of nitrogens with zero attached hydrogens (tertiary/aromatic N) is 2. The summed E-state index contributed by atoms with van der Waals surface area (Å²) >= 11 is 0. The van der Waals surface area contributed by atoms with Crippen molar-refractivity contribution in [3.63, 3.8) is 0 Å². The monoisotopic (exact) mass is 211 g/mol. The molecule has 0 aliphatic rings. The number of nitrogens with two attached hydrogens (primary N) is 1. The number of rotatable bonds is 2. The molecule has 0 radical (unpaired) electrons. The lowest BCUT2D eigenvalue weighted by Gasteiger charge is -2.20. The van der Waals surface area contributed by atoms with Gasteiger partial charge in [-0.3, -0.25) is 9.36 Å². The maximum absolute atomic E-state index is 11.6. The first-order chi connectivity index (χ1) is 6.72. The Morgan fingerprint density at radius 2 is 1.80 bits per heavy atom. The Hall–Kier alpha value is -1.36. The molecule has 1 heterocycles. The van der Waals surface area contributed by atoms with E-state index in [1.54, 1.807) is 7.05 Å². The van der Waals surface area contributed by atoms with Gasteiger partial charge in [-0.15, -0.1) is 0 Å². The summed E-state index contributed by atoms with van der Waals surface area (Å²) in [5.41, 5.74) is 5.47. The van der Waals surface area contributed by atoms with Gasteiger partial charge < -0.3 is 10.3 Å². The van der Waals surface area contributed by atoms with E-state index >= 15 is 0 Å². The van der Waals surface area contributed by atoms with Crippen LogP contribution in [0.15, 0.2) is 15.7 Å². The quantitative estimate of drug-likeness (QED) is 0.707. The third-order valence-corrected chi connectivity index (χ3v) is 2.26. The maximum Gasteiger partial charge on any atom is 0.330 e. The van der Waals surface area contributed by atoms with Crippen LogP contribution >= 0.6 is 0 Å². The summed E-state index contributed by atoms with van der Waals surface area (Å²) in [5.74, 6) is 0. The molecule has 0 unspecified atom stereocenters. The molecule has 0 spiro atoms. The molecule has 1 aromatic rings. The van der Waals surface area contributed by atoms with Gasteiger partial charge in [0.2, 0.25) is 0 Å².